The van der Waals surface area contributed by atoms with E-state index in [1.165, 1.54) is 12.1 Å². The number of hydrogen-bond donors (Lipinski definition) is 9. The molecule has 16 atom stereocenters. The van der Waals surface area contributed by atoms with Crippen LogP contribution in [0.2, 0.25) is 0 Å². The predicted molar refractivity (Wildman–Crippen MR) is 242 cm³/mol. The number of carbonyl (C=O) groups is 6. The van der Waals surface area contributed by atoms with Crippen LogP contribution >= 0.6 is 0 Å². The minimum absolute atomic E-state index is 0.0151. The molecule has 6 aliphatic rings. The predicted octanol–water partition coefficient (Wildman–Crippen LogP) is 1.97. The van der Waals surface area contributed by atoms with E-state index in [1.807, 2.05) is 0 Å². The number of rotatable bonds is 5. The summed E-state index contributed by atoms with van der Waals surface area (Å²) in [6.07, 6.45) is -6.02. The molecule has 0 radical (unpaired) electrons. The minimum Gasteiger partial charge on any atom is -0.507 e. The number of benzene rings is 2. The molecule has 0 bridgehead atoms. The third-order valence-electron chi connectivity index (χ3n) is 17.3. The fraction of sp³-hybridized carbons (Fsp3) is 0.585. The first-order valence-corrected chi connectivity index (χ1v) is 23.5. The third kappa shape index (κ3) is 6.71. The van der Waals surface area contributed by atoms with E-state index in [0.29, 0.717) is 22.3 Å². The summed E-state index contributed by atoms with van der Waals surface area (Å²) in [6, 6.07) is 5.79. The van der Waals surface area contributed by atoms with E-state index in [0.717, 1.165) is 6.92 Å². The Balaban J connectivity index is 1.05. The van der Waals surface area contributed by atoms with Crippen molar-refractivity contribution in [2.45, 2.75) is 123 Å². The highest BCUT2D eigenvalue weighted by Crippen LogP contribution is 2.66. The monoisotopic (exact) mass is 935 g/mol. The summed E-state index contributed by atoms with van der Waals surface area (Å²) >= 11 is 0. The highest BCUT2D eigenvalue weighted by atomic mass is 16.4. The second kappa shape index (κ2) is 16.7. The van der Waals surface area contributed by atoms with Gasteiger partial charge in [0.15, 0.2) is 34.3 Å². The molecule has 4 saturated carbocycles. The number of aliphatic hydroxyl groups excluding tert-OH is 4. The second-order valence-corrected chi connectivity index (χ2v) is 21.8. The molecular weight excluding hydrogens is 875 g/mol. The van der Waals surface area contributed by atoms with Crippen LogP contribution in [0.15, 0.2) is 24.3 Å². The molecule has 15 nitrogen and oxygen atoms in total. The molecular formula is C53H61NO14. The van der Waals surface area contributed by atoms with Crippen molar-refractivity contribution in [3.63, 3.8) is 0 Å². The Labute approximate surface area is 394 Å². The van der Waals surface area contributed by atoms with E-state index < -0.39 is 135 Å². The van der Waals surface area contributed by atoms with Crippen molar-refractivity contribution in [1.82, 2.24) is 0 Å². The number of nitrogens with two attached hydrogens (primary N) is 1. The molecule has 2 aromatic carbocycles. The van der Waals surface area contributed by atoms with Gasteiger partial charge < -0.3 is 46.6 Å². The topological polar surface area (TPSA) is 290 Å². The summed E-state index contributed by atoms with van der Waals surface area (Å²) in [5.74, 6) is -3.55. The Kier molecular flexibility index (Phi) is 12.1. The molecule has 0 spiro atoms. The zero-order chi connectivity index (χ0) is 50.1. The number of primary amides is 1. The van der Waals surface area contributed by atoms with E-state index in [2.05, 4.69) is 23.7 Å². The molecule has 0 aromatic heterocycles. The maximum atomic E-state index is 14.5. The highest BCUT2D eigenvalue weighted by Gasteiger charge is 2.76. The van der Waals surface area contributed by atoms with Crippen LogP contribution in [0.4, 0.5) is 0 Å². The number of Topliss-reactive ketones (excluding diaryl/α,β-unsaturated/α-hetero) is 5. The Bertz CT molecular complexity index is 2690. The fourth-order valence-corrected chi connectivity index (χ4v) is 14.7. The van der Waals surface area contributed by atoms with Crippen LogP contribution in [-0.2, 0) is 32.0 Å². The van der Waals surface area contributed by atoms with Gasteiger partial charge in [-0.2, -0.15) is 0 Å². The van der Waals surface area contributed by atoms with Gasteiger partial charge >= 0.3 is 0 Å². The number of ketones is 5. The van der Waals surface area contributed by atoms with Crippen LogP contribution in [0.25, 0.3) is 0 Å². The van der Waals surface area contributed by atoms with Gasteiger partial charge in [-0.3, -0.25) is 28.8 Å². The first kappa shape index (κ1) is 49.2. The van der Waals surface area contributed by atoms with Gasteiger partial charge in [0, 0.05) is 35.3 Å². The van der Waals surface area contributed by atoms with E-state index in [4.69, 9.17) is 5.73 Å². The van der Waals surface area contributed by atoms with E-state index in [-0.39, 0.29) is 67.1 Å². The summed E-state index contributed by atoms with van der Waals surface area (Å²) in [5, 5.41) is 93.1. The lowest BCUT2D eigenvalue weighted by Crippen LogP contribution is -2.79. The molecule has 2 aromatic rings. The quantitative estimate of drug-likeness (QED) is 0.118. The number of hydrogen-bond acceptors (Lipinski definition) is 14. The summed E-state index contributed by atoms with van der Waals surface area (Å²) in [7, 11) is 0. The summed E-state index contributed by atoms with van der Waals surface area (Å²) in [5.41, 5.74) is -0.576. The number of phenols is 2. The lowest BCUT2D eigenvalue weighted by molar-refractivity contribution is -0.265. The maximum Gasteiger partial charge on any atom is 0.230 e. The zero-order valence-corrected chi connectivity index (χ0v) is 39.2. The van der Waals surface area contributed by atoms with Crippen LogP contribution in [0.3, 0.4) is 0 Å². The Morgan fingerprint density at radius 3 is 1.85 bits per heavy atom. The fourth-order valence-electron chi connectivity index (χ4n) is 14.7. The van der Waals surface area contributed by atoms with Crippen molar-refractivity contribution >= 4 is 34.8 Å². The van der Waals surface area contributed by atoms with E-state index >= 15 is 0 Å². The van der Waals surface area contributed by atoms with Gasteiger partial charge in [-0.1, -0.05) is 65.2 Å². The first-order chi connectivity index (χ1) is 31.7. The maximum absolute atomic E-state index is 14.5. The molecule has 10 N–H and O–H groups in total. The third-order valence-corrected chi connectivity index (χ3v) is 17.3. The van der Waals surface area contributed by atoms with Crippen molar-refractivity contribution in [2.24, 2.45) is 75.7 Å². The molecule has 6 unspecified atom stereocenters. The van der Waals surface area contributed by atoms with Gasteiger partial charge in [0.05, 0.1) is 35.2 Å². The number of phenolic OH excluding ortho intramolecular Hbond substituents is 2. The average molecular weight is 936 g/mol. The second-order valence-electron chi connectivity index (χ2n) is 21.8. The molecule has 0 saturated heterocycles. The normalized spacial score (nSPS) is 39.2. The molecule has 68 heavy (non-hydrogen) atoms. The molecule has 8 rings (SSSR count). The minimum atomic E-state index is -2.63. The molecule has 6 aliphatic carbocycles. The molecule has 362 valence electrons. The van der Waals surface area contributed by atoms with Crippen LogP contribution in [0, 0.1) is 93.7 Å². The van der Waals surface area contributed by atoms with Crippen LogP contribution in [0.1, 0.15) is 117 Å². The van der Waals surface area contributed by atoms with E-state index in [1.54, 1.807) is 53.7 Å². The number of aliphatic hydroxyl groups is 6. The van der Waals surface area contributed by atoms with Crippen molar-refractivity contribution in [3.05, 3.63) is 57.6 Å². The smallest absolute Gasteiger partial charge is 0.230 e. The molecule has 1 amide bonds. The Morgan fingerprint density at radius 2 is 1.32 bits per heavy atom. The number of fused-ring (bicyclic) bond motifs is 6. The highest BCUT2D eigenvalue weighted by molar-refractivity contribution is 6.10. The zero-order valence-electron chi connectivity index (χ0n) is 39.2. The van der Waals surface area contributed by atoms with Crippen molar-refractivity contribution < 1.29 is 69.6 Å². The Hall–Kier alpha value is -5.26. The summed E-state index contributed by atoms with van der Waals surface area (Å²) < 4.78 is 0. The molecule has 4 fully saturated rings. The Morgan fingerprint density at radius 1 is 0.765 bits per heavy atom. The van der Waals surface area contributed by atoms with Crippen LogP contribution in [0.5, 0.6) is 11.5 Å². The summed E-state index contributed by atoms with van der Waals surface area (Å²) in [6.45, 7) is 11.6. The van der Waals surface area contributed by atoms with Gasteiger partial charge in [-0.25, -0.2) is 0 Å². The number of carbonyl (C=O) groups excluding carboxylic acids is 6. The van der Waals surface area contributed by atoms with E-state index in [9.17, 15) is 69.6 Å². The number of amides is 1. The van der Waals surface area contributed by atoms with Gasteiger partial charge in [0.1, 0.15) is 41.3 Å². The van der Waals surface area contributed by atoms with Crippen molar-refractivity contribution in [3.8, 4) is 35.2 Å². The summed E-state index contributed by atoms with van der Waals surface area (Å²) in [4.78, 5) is 81.6. The molecule has 0 aliphatic heterocycles. The van der Waals surface area contributed by atoms with Gasteiger partial charge in [0.25, 0.3) is 0 Å². The SMILES string of the molecule is CC(=O)C1C(=O)[C@@]2(O)[C@H](C[C@H]3Cc4c(C#CCCC#Cc5ccc(O)c6c5C[C@]5(C)C[C@]7(C)[C@@H](C(C)C)C(O)C(C(N)=O)C(=O)[C@]7(O)C(O)[C@H]5C6=O)ccc(O)c4C(=O)C3[C@@H]2O)[C@@H](C(C)C)C1O. The first-order valence-electron chi connectivity index (χ1n) is 23.5. The van der Waals surface area contributed by atoms with Gasteiger partial charge in [-0.05, 0) is 103 Å². The standard InChI is InChI=1S/C53H61NO14/c1-22(2)33-30-19-27-18-28-25(14-16-31(56)36(28)42(59)35(27)46(63)52(30,67)45(62)34(24(5)55)41(33)58)12-10-8-9-11-13-26-15-17-32(57)37-29(26)20-50(6)21-51(7)39(23(3)4)44(61)38(49(54)66)47(64)53(51,68)48(65)40(50)43(37)60/h14-17,22-23,27,30,33-35,38-41,44,46,48,56-58,61,63,65,67-68H,8-9,18-21H2,1-7H3,(H2,54,66)/t27-,30-,33-,34?,35?,38?,39+,40-,41?,44?,46+,48?,50-,51-,52+,53+/m1/s1. The average Bonchev–Trinajstić information content (AvgIpc) is 3.22. The van der Waals surface area contributed by atoms with Gasteiger partial charge in [0.2, 0.25) is 5.91 Å². The van der Waals surface area contributed by atoms with Gasteiger partial charge in [-0.15, -0.1) is 0 Å². The molecule has 15 heteroatoms. The van der Waals surface area contributed by atoms with Crippen molar-refractivity contribution in [2.75, 3.05) is 0 Å². The number of aromatic hydroxyl groups is 2. The van der Waals surface area contributed by atoms with Crippen molar-refractivity contribution in [1.29, 1.82) is 0 Å². The van der Waals surface area contributed by atoms with Crippen LogP contribution < -0.4 is 5.73 Å². The van der Waals surface area contributed by atoms with Crippen LogP contribution in [-0.4, -0.2) is 111 Å². The largest absolute Gasteiger partial charge is 0.507 e. The lowest BCUT2D eigenvalue weighted by atomic mass is 9.39. The molecule has 0 heterocycles. The lowest BCUT2D eigenvalue weighted by Gasteiger charge is -2.66. The number of unbranched alkanes of at least 4 members (excludes halogenated alkanes) is 1.